The van der Waals surface area contributed by atoms with Gasteiger partial charge >= 0.3 is 0 Å². The van der Waals surface area contributed by atoms with Gasteiger partial charge < -0.3 is 10.2 Å². The Morgan fingerprint density at radius 3 is 1.62 bits per heavy atom. The molecular weight excluding hydrogens is 124 g/mol. The highest BCUT2D eigenvalue weighted by atomic mass is 32.1. The van der Waals surface area contributed by atoms with E-state index in [1.165, 1.54) is 0 Å². The summed E-state index contributed by atoms with van der Waals surface area (Å²) in [6, 6.07) is 0. The summed E-state index contributed by atoms with van der Waals surface area (Å²) in [5, 5.41) is 17.9. The van der Waals surface area contributed by atoms with Gasteiger partial charge in [0.05, 0.1) is 12.2 Å². The van der Waals surface area contributed by atoms with Gasteiger partial charge in [0, 0.05) is 5.25 Å². The largest absolute Gasteiger partial charge is 0.390 e. The maximum atomic E-state index is 8.87. The Morgan fingerprint density at radius 2 is 1.50 bits per heavy atom. The lowest BCUT2D eigenvalue weighted by Crippen LogP contribution is -2.17. The summed E-state index contributed by atoms with van der Waals surface area (Å²) in [6.07, 6.45) is 0.198. The molecular formula is C5H10O2S. The van der Waals surface area contributed by atoms with E-state index in [1.54, 1.807) is 0 Å². The highest BCUT2D eigenvalue weighted by Gasteiger charge is 2.28. The second kappa shape index (κ2) is 2.25. The molecule has 0 spiro atoms. The first-order valence-electron chi connectivity index (χ1n) is 2.74. The summed E-state index contributed by atoms with van der Waals surface area (Å²) in [5.41, 5.74) is 0. The Morgan fingerprint density at radius 1 is 1.12 bits per heavy atom. The molecule has 0 aromatic carbocycles. The standard InChI is InChI=1S/C5H10O2S/c6-4-1-3(8)2-5(4)7/h3-8H,1-2H2/t3-,4+,5-. The van der Waals surface area contributed by atoms with Crippen LogP contribution in [0.15, 0.2) is 0 Å². The minimum absolute atomic E-state index is 0.194. The van der Waals surface area contributed by atoms with Gasteiger partial charge in [-0.2, -0.15) is 12.6 Å². The van der Waals surface area contributed by atoms with Gasteiger partial charge in [-0.15, -0.1) is 0 Å². The van der Waals surface area contributed by atoms with Crippen LogP contribution in [0, 0.1) is 0 Å². The molecule has 1 aliphatic rings. The number of aliphatic hydroxyl groups is 2. The highest BCUT2D eigenvalue weighted by molar-refractivity contribution is 7.81. The van der Waals surface area contributed by atoms with Gasteiger partial charge in [-0.25, -0.2) is 0 Å². The smallest absolute Gasteiger partial charge is 0.0810 e. The van der Waals surface area contributed by atoms with E-state index in [0.29, 0.717) is 12.8 Å². The summed E-state index contributed by atoms with van der Waals surface area (Å²) in [6.45, 7) is 0. The molecule has 0 aromatic rings. The van der Waals surface area contributed by atoms with Gasteiger partial charge in [-0.05, 0) is 12.8 Å². The fourth-order valence-electron chi connectivity index (χ4n) is 0.968. The maximum absolute atomic E-state index is 8.87. The van der Waals surface area contributed by atoms with Crippen LogP contribution in [0.1, 0.15) is 12.8 Å². The van der Waals surface area contributed by atoms with Crippen molar-refractivity contribution in [2.75, 3.05) is 0 Å². The van der Waals surface area contributed by atoms with Crippen molar-refractivity contribution in [1.82, 2.24) is 0 Å². The molecule has 0 amide bonds. The Hall–Kier alpha value is 0.270. The van der Waals surface area contributed by atoms with Gasteiger partial charge in [-0.1, -0.05) is 0 Å². The fourth-order valence-corrected chi connectivity index (χ4v) is 1.40. The highest BCUT2D eigenvalue weighted by Crippen LogP contribution is 2.23. The van der Waals surface area contributed by atoms with Crippen molar-refractivity contribution in [1.29, 1.82) is 0 Å². The van der Waals surface area contributed by atoms with Crippen LogP contribution in [0.25, 0.3) is 0 Å². The summed E-state index contributed by atoms with van der Waals surface area (Å²) in [4.78, 5) is 0. The van der Waals surface area contributed by atoms with Crippen molar-refractivity contribution < 1.29 is 10.2 Å². The molecule has 2 N–H and O–H groups in total. The SMILES string of the molecule is O[C@@H]1C[C@H](S)C[C@@H]1O. The summed E-state index contributed by atoms with van der Waals surface area (Å²) >= 11 is 4.09. The van der Waals surface area contributed by atoms with Crippen LogP contribution in [-0.2, 0) is 0 Å². The third kappa shape index (κ3) is 1.16. The average Bonchev–Trinajstić information content (AvgIpc) is 1.85. The molecule has 1 saturated carbocycles. The predicted molar refractivity (Wildman–Crippen MR) is 34.0 cm³/mol. The van der Waals surface area contributed by atoms with Gasteiger partial charge in [-0.3, -0.25) is 0 Å². The first kappa shape index (κ1) is 6.39. The van der Waals surface area contributed by atoms with E-state index in [-0.39, 0.29) is 5.25 Å². The number of thiol groups is 1. The van der Waals surface area contributed by atoms with Crippen LogP contribution >= 0.6 is 12.6 Å². The number of hydrogen-bond acceptors (Lipinski definition) is 3. The van der Waals surface area contributed by atoms with Crippen molar-refractivity contribution in [3.05, 3.63) is 0 Å². The monoisotopic (exact) mass is 134 g/mol. The molecule has 3 atom stereocenters. The molecule has 1 fully saturated rings. The normalized spacial score (nSPS) is 47.6. The molecule has 0 aliphatic heterocycles. The second-order valence-corrected chi connectivity index (χ2v) is 2.99. The van der Waals surface area contributed by atoms with Gasteiger partial charge in [0.25, 0.3) is 0 Å². The van der Waals surface area contributed by atoms with Crippen molar-refractivity contribution >= 4 is 12.6 Å². The molecule has 1 aliphatic carbocycles. The van der Waals surface area contributed by atoms with E-state index >= 15 is 0 Å². The van der Waals surface area contributed by atoms with Crippen LogP contribution in [-0.4, -0.2) is 27.7 Å². The van der Waals surface area contributed by atoms with Crippen molar-refractivity contribution in [3.8, 4) is 0 Å². The number of rotatable bonds is 0. The zero-order chi connectivity index (χ0) is 6.15. The Kier molecular flexibility index (Phi) is 1.80. The second-order valence-electron chi connectivity index (χ2n) is 2.26. The minimum atomic E-state index is -0.530. The Labute approximate surface area is 53.9 Å². The first-order valence-corrected chi connectivity index (χ1v) is 3.26. The van der Waals surface area contributed by atoms with Crippen LogP contribution in [0.5, 0.6) is 0 Å². The van der Waals surface area contributed by atoms with Crippen LogP contribution < -0.4 is 0 Å². The van der Waals surface area contributed by atoms with E-state index in [9.17, 15) is 0 Å². The zero-order valence-electron chi connectivity index (χ0n) is 4.49. The number of aliphatic hydroxyl groups excluding tert-OH is 2. The van der Waals surface area contributed by atoms with Crippen molar-refractivity contribution in [2.45, 2.75) is 30.3 Å². The van der Waals surface area contributed by atoms with E-state index in [1.807, 2.05) is 0 Å². The molecule has 8 heavy (non-hydrogen) atoms. The molecule has 48 valence electrons. The van der Waals surface area contributed by atoms with E-state index in [0.717, 1.165) is 0 Å². The Bertz CT molecular complexity index is 76.5. The summed E-state index contributed by atoms with van der Waals surface area (Å²) < 4.78 is 0. The summed E-state index contributed by atoms with van der Waals surface area (Å²) in [7, 11) is 0. The maximum Gasteiger partial charge on any atom is 0.0810 e. The molecule has 0 heterocycles. The zero-order valence-corrected chi connectivity index (χ0v) is 5.38. The minimum Gasteiger partial charge on any atom is -0.390 e. The third-order valence-corrected chi connectivity index (χ3v) is 1.89. The van der Waals surface area contributed by atoms with E-state index in [2.05, 4.69) is 12.6 Å². The van der Waals surface area contributed by atoms with Crippen molar-refractivity contribution in [3.63, 3.8) is 0 Å². The van der Waals surface area contributed by atoms with Crippen LogP contribution in [0.4, 0.5) is 0 Å². The average molecular weight is 134 g/mol. The van der Waals surface area contributed by atoms with Gasteiger partial charge in [0.15, 0.2) is 0 Å². The molecule has 0 radical (unpaired) electrons. The van der Waals surface area contributed by atoms with Crippen LogP contribution in [0.2, 0.25) is 0 Å². The molecule has 3 heteroatoms. The van der Waals surface area contributed by atoms with E-state index < -0.39 is 12.2 Å². The lowest BCUT2D eigenvalue weighted by molar-refractivity contribution is 0.0438. The topological polar surface area (TPSA) is 40.5 Å². The quantitative estimate of drug-likeness (QED) is 0.402. The lowest BCUT2D eigenvalue weighted by Gasteiger charge is -2.03. The Balaban J connectivity index is 2.39. The fraction of sp³-hybridized carbons (Fsp3) is 1.00. The molecule has 2 nitrogen and oxygen atoms in total. The lowest BCUT2D eigenvalue weighted by atomic mass is 10.3. The molecule has 1 rings (SSSR count). The van der Waals surface area contributed by atoms with Crippen LogP contribution in [0.3, 0.4) is 0 Å². The first-order chi connectivity index (χ1) is 3.70. The van der Waals surface area contributed by atoms with Crippen molar-refractivity contribution in [2.24, 2.45) is 0 Å². The van der Waals surface area contributed by atoms with E-state index in [4.69, 9.17) is 10.2 Å². The molecule has 0 saturated heterocycles. The van der Waals surface area contributed by atoms with Gasteiger partial charge in [0.1, 0.15) is 0 Å². The molecule has 0 unspecified atom stereocenters. The van der Waals surface area contributed by atoms with Gasteiger partial charge in [0.2, 0.25) is 0 Å². The summed E-state index contributed by atoms with van der Waals surface area (Å²) in [5.74, 6) is 0. The predicted octanol–water partition coefficient (Wildman–Crippen LogP) is -0.200. The molecule has 0 aromatic heterocycles. The molecule has 0 bridgehead atoms. The number of hydrogen-bond donors (Lipinski definition) is 3. The third-order valence-electron chi connectivity index (χ3n) is 1.47.